The molecule has 2 aromatic carbocycles. The molecule has 0 aliphatic carbocycles. The zero-order valence-corrected chi connectivity index (χ0v) is 11.7. The fourth-order valence-corrected chi connectivity index (χ4v) is 7.12. The van der Waals surface area contributed by atoms with Crippen LogP contribution in [-0.4, -0.2) is 13.9 Å². The molecule has 0 saturated heterocycles. The molecule has 0 unspecified atom stereocenters. The number of rotatable bonds is 3. The van der Waals surface area contributed by atoms with Gasteiger partial charge in [0, 0.05) is 0 Å². The van der Waals surface area contributed by atoms with Gasteiger partial charge in [-0.2, -0.15) is 0 Å². The summed E-state index contributed by atoms with van der Waals surface area (Å²) in [5, 5.41) is 0. The Morgan fingerprint density at radius 2 is 1.06 bits per heavy atom. The van der Waals surface area contributed by atoms with Crippen molar-refractivity contribution in [1.29, 1.82) is 0 Å². The second-order valence-corrected chi connectivity index (χ2v) is 10.0. The molecule has 84 valence electrons. The minimum atomic E-state index is -1.10. The Balaban J connectivity index is 2.40. The third kappa shape index (κ3) is 2.55. The summed E-state index contributed by atoms with van der Waals surface area (Å²) < 4.78 is 3.10. The molecule has 0 amide bonds. The molecular formula is C15H18Se. The van der Waals surface area contributed by atoms with Gasteiger partial charge in [0.2, 0.25) is 0 Å². The van der Waals surface area contributed by atoms with E-state index in [0.29, 0.717) is 0 Å². The van der Waals surface area contributed by atoms with Gasteiger partial charge in [0.15, 0.2) is 0 Å². The Morgan fingerprint density at radius 1 is 0.688 bits per heavy atom. The molecule has 0 saturated carbocycles. The predicted octanol–water partition coefficient (Wildman–Crippen LogP) is 2.44. The van der Waals surface area contributed by atoms with Crippen LogP contribution in [0.5, 0.6) is 0 Å². The molecular weight excluding hydrogens is 259 g/mol. The normalized spacial score (nSPS) is 11.6. The van der Waals surface area contributed by atoms with Crippen molar-refractivity contribution in [3.63, 3.8) is 0 Å². The third-order valence-corrected chi connectivity index (χ3v) is 8.34. The topological polar surface area (TPSA) is 0 Å². The molecule has 0 aliphatic rings. The molecule has 0 aliphatic heterocycles. The number of benzene rings is 2. The van der Waals surface area contributed by atoms with Gasteiger partial charge in [-0.05, 0) is 0 Å². The van der Waals surface area contributed by atoms with Crippen LogP contribution in [0.3, 0.4) is 0 Å². The average Bonchev–Trinajstić information content (AvgIpc) is 2.31. The standard InChI is InChI=1S/C15H18Se/c1-13(2)16(14-9-5-3-6-10-14)15-11-7-4-8-12-15/h3-13,16H,1-2H3. The summed E-state index contributed by atoms with van der Waals surface area (Å²) in [7, 11) is 0. The Kier molecular flexibility index (Phi) is 3.82. The molecule has 2 rings (SSSR count). The molecule has 0 heterocycles. The van der Waals surface area contributed by atoms with E-state index in [9.17, 15) is 0 Å². The Labute approximate surface area is 102 Å². The van der Waals surface area contributed by atoms with E-state index in [1.54, 1.807) is 8.92 Å². The molecule has 0 bridgehead atoms. The average molecular weight is 277 g/mol. The fourth-order valence-electron chi connectivity index (χ4n) is 1.92. The van der Waals surface area contributed by atoms with Gasteiger partial charge in [0.25, 0.3) is 0 Å². The zero-order chi connectivity index (χ0) is 11.4. The Hall–Kier alpha value is -1.04. The monoisotopic (exact) mass is 278 g/mol. The summed E-state index contributed by atoms with van der Waals surface area (Å²) in [5.41, 5.74) is 0. The first kappa shape index (κ1) is 11.4. The SMILES string of the molecule is CC(C)[SeH](c1ccccc1)c1ccccc1. The summed E-state index contributed by atoms with van der Waals surface area (Å²) in [5.74, 6) is 0. The summed E-state index contributed by atoms with van der Waals surface area (Å²) in [6, 6.07) is 22.0. The molecule has 0 N–H and O–H groups in total. The first-order valence-electron chi connectivity index (χ1n) is 5.68. The van der Waals surface area contributed by atoms with E-state index in [2.05, 4.69) is 74.5 Å². The van der Waals surface area contributed by atoms with Crippen LogP contribution >= 0.6 is 0 Å². The van der Waals surface area contributed by atoms with Gasteiger partial charge in [-0.3, -0.25) is 0 Å². The fraction of sp³-hybridized carbons (Fsp3) is 0.200. The van der Waals surface area contributed by atoms with Crippen molar-refractivity contribution in [2.24, 2.45) is 0 Å². The first-order valence-corrected chi connectivity index (χ1v) is 8.64. The minimum absolute atomic E-state index is 0.761. The van der Waals surface area contributed by atoms with Crippen molar-refractivity contribution in [3.8, 4) is 0 Å². The van der Waals surface area contributed by atoms with Crippen molar-refractivity contribution >= 4 is 22.8 Å². The summed E-state index contributed by atoms with van der Waals surface area (Å²) in [6.07, 6.45) is 0. The van der Waals surface area contributed by atoms with Crippen LogP contribution in [-0.2, 0) is 0 Å². The van der Waals surface area contributed by atoms with Gasteiger partial charge in [0.05, 0.1) is 0 Å². The van der Waals surface area contributed by atoms with Crippen LogP contribution in [0.25, 0.3) is 0 Å². The van der Waals surface area contributed by atoms with Gasteiger partial charge in [-0.25, -0.2) is 0 Å². The number of hydrogen-bond acceptors (Lipinski definition) is 0. The maximum absolute atomic E-state index is 2.35. The molecule has 0 spiro atoms. The van der Waals surface area contributed by atoms with Crippen LogP contribution in [0.15, 0.2) is 60.7 Å². The molecule has 0 aromatic heterocycles. The van der Waals surface area contributed by atoms with E-state index in [1.807, 2.05) is 0 Å². The Morgan fingerprint density at radius 3 is 1.38 bits per heavy atom. The second kappa shape index (κ2) is 5.34. The van der Waals surface area contributed by atoms with Gasteiger partial charge in [0.1, 0.15) is 0 Å². The summed E-state index contributed by atoms with van der Waals surface area (Å²) >= 11 is -1.10. The molecule has 0 fully saturated rings. The van der Waals surface area contributed by atoms with Crippen LogP contribution in [0, 0.1) is 0 Å². The molecule has 16 heavy (non-hydrogen) atoms. The predicted molar refractivity (Wildman–Crippen MR) is 74.4 cm³/mol. The Bertz CT molecular complexity index is 380. The van der Waals surface area contributed by atoms with Crippen molar-refractivity contribution in [2.45, 2.75) is 18.7 Å². The van der Waals surface area contributed by atoms with Gasteiger partial charge < -0.3 is 0 Å². The van der Waals surface area contributed by atoms with E-state index in [0.717, 1.165) is 4.82 Å². The van der Waals surface area contributed by atoms with Crippen molar-refractivity contribution in [2.75, 3.05) is 0 Å². The van der Waals surface area contributed by atoms with Crippen molar-refractivity contribution in [1.82, 2.24) is 0 Å². The summed E-state index contributed by atoms with van der Waals surface area (Å²) in [6.45, 7) is 4.69. The van der Waals surface area contributed by atoms with Crippen molar-refractivity contribution in [3.05, 3.63) is 60.7 Å². The van der Waals surface area contributed by atoms with Crippen molar-refractivity contribution < 1.29 is 0 Å². The first-order chi connectivity index (χ1) is 7.79. The number of hydrogen-bond donors (Lipinski definition) is 0. The van der Waals surface area contributed by atoms with E-state index in [-0.39, 0.29) is 0 Å². The third-order valence-electron chi connectivity index (χ3n) is 2.59. The van der Waals surface area contributed by atoms with Gasteiger partial charge in [-0.15, -0.1) is 0 Å². The van der Waals surface area contributed by atoms with E-state index in [1.165, 1.54) is 0 Å². The molecule has 0 atom stereocenters. The van der Waals surface area contributed by atoms with E-state index < -0.39 is 13.9 Å². The molecule has 1 heteroatoms. The van der Waals surface area contributed by atoms with Crippen LogP contribution < -0.4 is 8.92 Å². The van der Waals surface area contributed by atoms with E-state index in [4.69, 9.17) is 0 Å². The molecule has 0 nitrogen and oxygen atoms in total. The van der Waals surface area contributed by atoms with Crippen LogP contribution in [0.2, 0.25) is 4.82 Å². The molecule has 0 radical (unpaired) electrons. The van der Waals surface area contributed by atoms with Crippen LogP contribution in [0.4, 0.5) is 0 Å². The van der Waals surface area contributed by atoms with Gasteiger partial charge >= 0.3 is 102 Å². The summed E-state index contributed by atoms with van der Waals surface area (Å²) in [4.78, 5) is 0.761. The molecule has 2 aromatic rings. The van der Waals surface area contributed by atoms with Gasteiger partial charge in [-0.1, -0.05) is 0 Å². The van der Waals surface area contributed by atoms with Crippen LogP contribution in [0.1, 0.15) is 13.8 Å². The quantitative estimate of drug-likeness (QED) is 0.756. The zero-order valence-electron chi connectivity index (χ0n) is 9.80. The maximum atomic E-state index is 2.35. The van der Waals surface area contributed by atoms with E-state index >= 15 is 0 Å². The second-order valence-electron chi connectivity index (χ2n) is 4.13.